The normalized spacial score (nSPS) is 14.3. The van der Waals surface area contributed by atoms with Crippen molar-refractivity contribution in [2.24, 2.45) is 5.73 Å². The van der Waals surface area contributed by atoms with Gasteiger partial charge < -0.3 is 26.3 Å². The molecular formula is C28H33FN8O. The number of carbonyl (C=O) groups is 1. The Hall–Kier alpha value is -4.18. The van der Waals surface area contributed by atoms with Crippen molar-refractivity contribution in [2.45, 2.75) is 33.2 Å². The molecular weight excluding hydrogens is 483 g/mol. The number of H-pyrrole nitrogens is 1. The molecule has 3 aliphatic heterocycles. The highest BCUT2D eigenvalue weighted by Crippen LogP contribution is 2.33. The lowest BCUT2D eigenvalue weighted by Gasteiger charge is -2.38. The predicted molar refractivity (Wildman–Crippen MR) is 149 cm³/mol. The minimum Gasteiger partial charge on any atom is -0.369 e. The van der Waals surface area contributed by atoms with Gasteiger partial charge in [0, 0.05) is 49.8 Å². The lowest BCUT2D eigenvalue weighted by atomic mass is 10.1. The van der Waals surface area contributed by atoms with E-state index in [1.807, 2.05) is 0 Å². The summed E-state index contributed by atoms with van der Waals surface area (Å²) in [5, 5.41) is 6.47. The quantitative estimate of drug-likeness (QED) is 0.268. The van der Waals surface area contributed by atoms with Crippen LogP contribution in [0.2, 0.25) is 0 Å². The van der Waals surface area contributed by atoms with Crippen LogP contribution in [0.3, 0.4) is 0 Å². The molecule has 0 aliphatic carbocycles. The molecule has 0 saturated carbocycles. The van der Waals surface area contributed by atoms with Gasteiger partial charge in [0.2, 0.25) is 5.95 Å². The lowest BCUT2D eigenvalue weighted by Crippen LogP contribution is -2.48. The van der Waals surface area contributed by atoms with Gasteiger partial charge in [0.1, 0.15) is 17.5 Å². The van der Waals surface area contributed by atoms with Gasteiger partial charge in [-0.3, -0.25) is 9.69 Å². The summed E-state index contributed by atoms with van der Waals surface area (Å²) in [6.45, 7) is 10.7. The number of hydrogen-bond acceptors (Lipinski definition) is 7. The molecule has 1 fully saturated rings. The van der Waals surface area contributed by atoms with E-state index in [4.69, 9.17) is 10.7 Å². The average molecular weight is 517 g/mol. The predicted octanol–water partition coefficient (Wildman–Crippen LogP) is 4.73. The first kappa shape index (κ1) is 25.5. The van der Waals surface area contributed by atoms with Crippen molar-refractivity contribution in [2.75, 3.05) is 41.7 Å². The van der Waals surface area contributed by atoms with E-state index in [9.17, 15) is 9.18 Å². The second kappa shape index (κ2) is 10.7. The fraction of sp³-hybridized carbons (Fsp3) is 0.321. The van der Waals surface area contributed by atoms with E-state index in [0.29, 0.717) is 29.2 Å². The molecule has 0 radical (unpaired) electrons. The third-order valence-corrected chi connectivity index (χ3v) is 7.05. The summed E-state index contributed by atoms with van der Waals surface area (Å²) in [5.41, 5.74) is 9.91. The number of halogens is 1. The van der Waals surface area contributed by atoms with E-state index in [2.05, 4.69) is 69.4 Å². The number of primary amides is 1. The number of aryl methyl sites for hydroxylation is 1. The molecule has 3 aliphatic rings. The number of aromatic nitrogens is 3. The van der Waals surface area contributed by atoms with Crippen molar-refractivity contribution in [3.63, 3.8) is 0 Å². The molecule has 198 valence electrons. The lowest BCUT2D eigenvalue weighted by molar-refractivity contribution is 0.100. The van der Waals surface area contributed by atoms with Crippen molar-refractivity contribution < 1.29 is 9.18 Å². The van der Waals surface area contributed by atoms with Crippen molar-refractivity contribution in [3.8, 4) is 11.4 Å². The maximum atomic E-state index is 14.0. The second-order valence-corrected chi connectivity index (χ2v) is 9.76. The summed E-state index contributed by atoms with van der Waals surface area (Å²) in [4.78, 5) is 29.1. The van der Waals surface area contributed by atoms with E-state index in [1.54, 1.807) is 12.3 Å². The van der Waals surface area contributed by atoms with Crippen LogP contribution in [0, 0.1) is 5.82 Å². The molecule has 0 aromatic heterocycles. The summed E-state index contributed by atoms with van der Waals surface area (Å²) in [6, 6.07) is 12.6. The Morgan fingerprint density at radius 2 is 1.87 bits per heavy atom. The summed E-state index contributed by atoms with van der Waals surface area (Å²) in [6.07, 6.45) is 2.50. The van der Waals surface area contributed by atoms with E-state index >= 15 is 0 Å². The molecule has 5 N–H and O–H groups in total. The van der Waals surface area contributed by atoms with Crippen LogP contribution in [0.4, 0.5) is 33.2 Å². The van der Waals surface area contributed by atoms with Crippen LogP contribution in [0.15, 0.2) is 48.7 Å². The van der Waals surface area contributed by atoms with E-state index in [1.165, 1.54) is 23.9 Å². The maximum Gasteiger partial charge on any atom is 0.250 e. The van der Waals surface area contributed by atoms with Gasteiger partial charge >= 0.3 is 0 Å². The number of aromatic amines is 1. The fourth-order valence-electron chi connectivity index (χ4n) is 4.87. The van der Waals surface area contributed by atoms with Crippen LogP contribution in [0.1, 0.15) is 36.7 Å². The van der Waals surface area contributed by atoms with Crippen LogP contribution >= 0.6 is 0 Å². The van der Waals surface area contributed by atoms with Gasteiger partial charge in [0.05, 0.1) is 16.8 Å². The molecule has 5 rings (SSSR count). The molecule has 10 heteroatoms. The van der Waals surface area contributed by atoms with E-state index < -0.39 is 11.7 Å². The van der Waals surface area contributed by atoms with Crippen LogP contribution < -0.4 is 21.3 Å². The molecule has 0 spiro atoms. The van der Waals surface area contributed by atoms with Gasteiger partial charge in [-0.2, -0.15) is 4.98 Å². The Kier molecular flexibility index (Phi) is 7.15. The maximum absolute atomic E-state index is 14.0. The minimum absolute atomic E-state index is 0.168. The van der Waals surface area contributed by atoms with Gasteiger partial charge in [0.15, 0.2) is 0 Å². The number of piperazine rings is 1. The Bertz CT molecular complexity index is 1410. The van der Waals surface area contributed by atoms with E-state index in [0.717, 1.165) is 43.9 Å². The van der Waals surface area contributed by atoms with Crippen molar-refractivity contribution in [1.82, 2.24) is 19.9 Å². The second-order valence-electron chi connectivity index (χ2n) is 9.76. The van der Waals surface area contributed by atoms with Gasteiger partial charge in [-0.1, -0.05) is 6.92 Å². The fourth-order valence-corrected chi connectivity index (χ4v) is 4.87. The Morgan fingerprint density at radius 3 is 2.58 bits per heavy atom. The highest BCUT2D eigenvalue weighted by atomic mass is 19.1. The number of nitrogens with zero attached hydrogens (tertiary/aromatic N) is 4. The number of benzene rings is 2. The zero-order valence-corrected chi connectivity index (χ0v) is 21.9. The molecule has 0 atom stereocenters. The zero-order chi connectivity index (χ0) is 26.8. The molecule has 38 heavy (non-hydrogen) atoms. The highest BCUT2D eigenvalue weighted by Gasteiger charge is 2.21. The SMILES string of the molecule is CCc1cc(N2CCN(C(C)C)CC2)ccc1Nc1nc(Nc2cc(F)ccc2C(N)=O)c2ccnc-2[nH]1. The largest absolute Gasteiger partial charge is 0.369 e. The van der Waals surface area contributed by atoms with Crippen LogP contribution in [0.25, 0.3) is 11.4 Å². The Labute approximate surface area is 221 Å². The number of carbonyl (C=O) groups excluding carboxylic acids is 1. The standard InChI is InChI=1S/C28H33FN8O/c1-4-18-15-20(37-13-11-36(12-14-37)17(2)3)6-8-23(18)33-28-34-26-22(9-10-31-26)27(35-28)32-24-16-19(29)5-7-21(24)25(30)38/h5-10,15-17H,4,11-14H2,1-3H3,(H2,30,38)(H3,31,32,33,34,35). The number of anilines is 5. The van der Waals surface area contributed by atoms with Gasteiger partial charge in [-0.25, -0.2) is 9.37 Å². The average Bonchev–Trinajstić information content (AvgIpc) is 3.38. The molecule has 3 heterocycles. The summed E-state index contributed by atoms with van der Waals surface area (Å²) < 4.78 is 14.0. The third kappa shape index (κ3) is 5.26. The van der Waals surface area contributed by atoms with Gasteiger partial charge in [-0.05, 0) is 68.3 Å². The first-order chi connectivity index (χ1) is 18.3. The number of nitrogens with one attached hydrogen (secondary N) is 3. The summed E-state index contributed by atoms with van der Waals surface area (Å²) in [5.74, 6) is 0.324. The van der Waals surface area contributed by atoms with Crippen molar-refractivity contribution >= 4 is 34.7 Å². The molecule has 2 aromatic carbocycles. The number of amides is 1. The molecule has 2 aromatic rings. The minimum atomic E-state index is -0.663. The molecule has 1 amide bonds. The summed E-state index contributed by atoms with van der Waals surface area (Å²) in [7, 11) is 0. The number of nitrogens with two attached hydrogens (primary N) is 1. The Balaban J connectivity index is 1.41. The first-order valence-corrected chi connectivity index (χ1v) is 12.9. The smallest absolute Gasteiger partial charge is 0.250 e. The monoisotopic (exact) mass is 516 g/mol. The molecule has 1 saturated heterocycles. The first-order valence-electron chi connectivity index (χ1n) is 12.9. The van der Waals surface area contributed by atoms with Crippen LogP contribution in [-0.4, -0.2) is 58.0 Å². The van der Waals surface area contributed by atoms with Crippen LogP contribution in [0.5, 0.6) is 0 Å². The number of hydrogen-bond donors (Lipinski definition) is 4. The Morgan fingerprint density at radius 1 is 1.08 bits per heavy atom. The van der Waals surface area contributed by atoms with Gasteiger partial charge in [-0.15, -0.1) is 0 Å². The molecule has 0 unspecified atom stereocenters. The number of rotatable bonds is 8. The summed E-state index contributed by atoms with van der Waals surface area (Å²) >= 11 is 0. The zero-order valence-electron chi connectivity index (χ0n) is 21.9. The van der Waals surface area contributed by atoms with E-state index in [-0.39, 0.29) is 11.3 Å². The van der Waals surface area contributed by atoms with Gasteiger partial charge in [0.25, 0.3) is 5.91 Å². The number of fused-ring (bicyclic) bond motifs is 1. The third-order valence-electron chi connectivity index (χ3n) is 7.05. The van der Waals surface area contributed by atoms with Crippen molar-refractivity contribution in [1.29, 1.82) is 0 Å². The van der Waals surface area contributed by atoms with Crippen molar-refractivity contribution in [3.05, 3.63) is 65.6 Å². The van der Waals surface area contributed by atoms with Crippen LogP contribution in [-0.2, 0) is 6.42 Å². The molecule has 9 nitrogen and oxygen atoms in total. The highest BCUT2D eigenvalue weighted by molar-refractivity contribution is 5.99. The topological polar surface area (TPSA) is 115 Å². The molecule has 0 bridgehead atoms.